The lowest BCUT2D eigenvalue weighted by Gasteiger charge is -2.06. The van der Waals surface area contributed by atoms with Gasteiger partial charge in [-0.2, -0.15) is 0 Å². The third-order valence-corrected chi connectivity index (χ3v) is 4.55. The van der Waals surface area contributed by atoms with Crippen LogP contribution in [0.3, 0.4) is 0 Å². The Bertz CT molecular complexity index is 874. The van der Waals surface area contributed by atoms with E-state index in [1.54, 1.807) is 26.4 Å². The number of H-pyrrole nitrogens is 1. The number of fused-ring (bicyclic) bond motifs is 1. The number of halogens is 1. The zero-order valence-electron chi connectivity index (χ0n) is 14.9. The summed E-state index contributed by atoms with van der Waals surface area (Å²) in [7, 11) is 3.22. The lowest BCUT2D eigenvalue weighted by atomic mass is 10.1. The molecule has 0 saturated heterocycles. The minimum atomic E-state index is -0.219. The van der Waals surface area contributed by atoms with Crippen LogP contribution in [0.1, 0.15) is 16.8 Å². The highest BCUT2D eigenvalue weighted by molar-refractivity contribution is 5.86. The van der Waals surface area contributed by atoms with Crippen LogP contribution in [-0.4, -0.2) is 25.7 Å². The van der Waals surface area contributed by atoms with Crippen LogP contribution in [0.15, 0.2) is 36.4 Å². The molecule has 0 aliphatic rings. The number of aryl methyl sites for hydroxylation is 1. The van der Waals surface area contributed by atoms with E-state index in [1.807, 2.05) is 12.1 Å². The summed E-state index contributed by atoms with van der Waals surface area (Å²) in [6.07, 6.45) is 0.913. The van der Waals surface area contributed by atoms with Gasteiger partial charge in [-0.15, -0.1) is 0 Å². The number of methoxy groups -OCH3 is 2. The van der Waals surface area contributed by atoms with Gasteiger partial charge in [0, 0.05) is 34.6 Å². The number of nitrogens with two attached hydrogens (primary N) is 1. The zero-order valence-corrected chi connectivity index (χ0v) is 14.9. The van der Waals surface area contributed by atoms with E-state index in [-0.39, 0.29) is 5.82 Å². The molecule has 25 heavy (non-hydrogen) atoms. The molecule has 4 nitrogen and oxygen atoms in total. The van der Waals surface area contributed by atoms with Crippen LogP contribution < -0.4 is 14.8 Å². The molecule has 5 heteroatoms. The second-order valence-corrected chi connectivity index (χ2v) is 6.13. The summed E-state index contributed by atoms with van der Waals surface area (Å²) >= 11 is 0. The molecule has 0 aliphatic heterocycles. The van der Waals surface area contributed by atoms with Gasteiger partial charge in [0.2, 0.25) is 0 Å². The molecule has 3 rings (SSSR count). The van der Waals surface area contributed by atoms with Crippen molar-refractivity contribution in [3.63, 3.8) is 0 Å². The maximum atomic E-state index is 14.0. The number of aromatic nitrogens is 1. The van der Waals surface area contributed by atoms with Crippen LogP contribution in [0.4, 0.5) is 4.39 Å². The largest absolute Gasteiger partial charge is 0.497 e. The monoisotopic (exact) mass is 343 g/mol. The standard InChI is InChI=1S/C20H23FN2O2/c1-13-17(18-10-15(24-2)6-7-20(18)23-13)8-9-22-12-14-4-5-16(25-3)11-19(14)21/h4-7,10-11,22-23H,8-9,12H2,1-3H3/p+1. The van der Waals surface area contributed by atoms with E-state index in [1.165, 1.54) is 22.7 Å². The molecule has 1 heterocycles. The SMILES string of the molecule is COc1ccc(C[NH2+]CCc2c(C)[nH]c3ccc(OC)cc23)c(F)c1. The Labute approximate surface area is 147 Å². The lowest BCUT2D eigenvalue weighted by Crippen LogP contribution is -2.83. The Morgan fingerprint density at radius 2 is 1.76 bits per heavy atom. The number of ether oxygens (including phenoxy) is 2. The van der Waals surface area contributed by atoms with Crippen LogP contribution in [0.5, 0.6) is 11.5 Å². The minimum Gasteiger partial charge on any atom is -0.497 e. The molecule has 132 valence electrons. The van der Waals surface area contributed by atoms with Gasteiger partial charge in [0.25, 0.3) is 0 Å². The molecule has 0 radical (unpaired) electrons. The lowest BCUT2D eigenvalue weighted by molar-refractivity contribution is -0.670. The number of quaternary nitrogens is 1. The third kappa shape index (κ3) is 3.77. The Morgan fingerprint density at radius 1 is 1.04 bits per heavy atom. The summed E-state index contributed by atoms with van der Waals surface area (Å²) in [5.74, 6) is 1.19. The highest BCUT2D eigenvalue weighted by atomic mass is 19.1. The summed E-state index contributed by atoms with van der Waals surface area (Å²) in [6.45, 7) is 3.59. The fraction of sp³-hybridized carbons (Fsp3) is 0.300. The number of rotatable bonds is 7. The van der Waals surface area contributed by atoms with E-state index in [4.69, 9.17) is 9.47 Å². The maximum Gasteiger partial charge on any atom is 0.135 e. The molecule has 0 bridgehead atoms. The topological polar surface area (TPSA) is 50.9 Å². The van der Waals surface area contributed by atoms with Gasteiger partial charge in [0.05, 0.1) is 20.8 Å². The second-order valence-electron chi connectivity index (χ2n) is 6.13. The average molecular weight is 343 g/mol. The van der Waals surface area contributed by atoms with Gasteiger partial charge in [-0.25, -0.2) is 4.39 Å². The van der Waals surface area contributed by atoms with E-state index in [0.29, 0.717) is 17.9 Å². The van der Waals surface area contributed by atoms with Crippen LogP contribution in [0.2, 0.25) is 0 Å². The normalized spacial score (nSPS) is 11.0. The zero-order chi connectivity index (χ0) is 17.8. The summed E-state index contributed by atoms with van der Waals surface area (Å²) in [4.78, 5) is 3.42. The van der Waals surface area contributed by atoms with Crippen LogP contribution >= 0.6 is 0 Å². The Morgan fingerprint density at radius 3 is 2.48 bits per heavy atom. The molecular weight excluding hydrogens is 319 g/mol. The van der Waals surface area contributed by atoms with Crippen molar-refractivity contribution in [2.24, 2.45) is 0 Å². The van der Waals surface area contributed by atoms with E-state index < -0.39 is 0 Å². The highest BCUT2D eigenvalue weighted by Crippen LogP contribution is 2.26. The smallest absolute Gasteiger partial charge is 0.135 e. The average Bonchev–Trinajstić information content (AvgIpc) is 2.94. The molecule has 0 atom stereocenters. The predicted octanol–water partition coefficient (Wildman–Crippen LogP) is 2.94. The van der Waals surface area contributed by atoms with Crippen molar-refractivity contribution in [1.29, 1.82) is 0 Å². The van der Waals surface area contributed by atoms with E-state index in [0.717, 1.165) is 24.2 Å². The quantitative estimate of drug-likeness (QED) is 0.648. The first-order valence-corrected chi connectivity index (χ1v) is 8.41. The molecule has 3 N–H and O–H groups in total. The molecule has 2 aromatic carbocycles. The summed E-state index contributed by atoms with van der Waals surface area (Å²) in [5.41, 5.74) is 4.28. The number of aromatic amines is 1. The second kappa shape index (κ2) is 7.57. The number of benzene rings is 2. The van der Waals surface area contributed by atoms with Crippen molar-refractivity contribution in [3.8, 4) is 11.5 Å². The number of hydrogen-bond donors (Lipinski definition) is 2. The van der Waals surface area contributed by atoms with Gasteiger partial charge < -0.3 is 19.8 Å². The molecular formula is C20H24FN2O2+. The minimum absolute atomic E-state index is 0.219. The van der Waals surface area contributed by atoms with Crippen molar-refractivity contribution in [2.75, 3.05) is 20.8 Å². The predicted molar refractivity (Wildman–Crippen MR) is 96.7 cm³/mol. The molecule has 3 aromatic rings. The van der Waals surface area contributed by atoms with Gasteiger partial charge in [-0.05, 0) is 42.8 Å². The molecule has 0 saturated carbocycles. The van der Waals surface area contributed by atoms with E-state index in [2.05, 4.69) is 23.3 Å². The van der Waals surface area contributed by atoms with E-state index in [9.17, 15) is 4.39 Å². The van der Waals surface area contributed by atoms with Crippen molar-refractivity contribution in [2.45, 2.75) is 19.9 Å². The van der Waals surface area contributed by atoms with Gasteiger partial charge in [0.15, 0.2) is 0 Å². The van der Waals surface area contributed by atoms with Crippen molar-refractivity contribution in [3.05, 3.63) is 59.0 Å². The Kier molecular flexibility index (Phi) is 5.24. The maximum absolute atomic E-state index is 14.0. The number of nitrogens with one attached hydrogen (secondary N) is 1. The van der Waals surface area contributed by atoms with E-state index >= 15 is 0 Å². The molecule has 0 spiro atoms. The van der Waals surface area contributed by atoms with Crippen LogP contribution in [0.25, 0.3) is 10.9 Å². The highest BCUT2D eigenvalue weighted by Gasteiger charge is 2.11. The molecule has 1 aromatic heterocycles. The van der Waals surface area contributed by atoms with Crippen LogP contribution in [0, 0.1) is 12.7 Å². The molecule has 0 fully saturated rings. The summed E-state index contributed by atoms with van der Waals surface area (Å²) in [5, 5.41) is 3.32. The van der Waals surface area contributed by atoms with Crippen LogP contribution in [-0.2, 0) is 13.0 Å². The van der Waals surface area contributed by atoms with Crippen molar-refractivity contribution < 1.29 is 19.2 Å². The third-order valence-electron chi connectivity index (χ3n) is 4.55. The van der Waals surface area contributed by atoms with Gasteiger partial charge in [-0.1, -0.05) is 0 Å². The summed E-state index contributed by atoms with van der Waals surface area (Å²) in [6, 6.07) is 11.1. The molecule has 0 aliphatic carbocycles. The first-order chi connectivity index (χ1) is 12.1. The number of hydrogen-bond acceptors (Lipinski definition) is 2. The first kappa shape index (κ1) is 17.3. The van der Waals surface area contributed by atoms with Gasteiger partial charge in [-0.3, -0.25) is 0 Å². The Hall–Kier alpha value is -2.53. The van der Waals surface area contributed by atoms with Gasteiger partial charge in [0.1, 0.15) is 23.9 Å². The van der Waals surface area contributed by atoms with Crippen molar-refractivity contribution in [1.82, 2.24) is 4.98 Å². The fourth-order valence-corrected chi connectivity index (χ4v) is 3.14. The summed E-state index contributed by atoms with van der Waals surface area (Å²) < 4.78 is 24.3. The first-order valence-electron chi connectivity index (χ1n) is 8.41. The van der Waals surface area contributed by atoms with Gasteiger partial charge >= 0.3 is 0 Å². The molecule has 0 unspecified atom stereocenters. The fourth-order valence-electron chi connectivity index (χ4n) is 3.14. The Balaban J connectivity index is 1.64. The molecule has 0 amide bonds. The van der Waals surface area contributed by atoms with Crippen molar-refractivity contribution >= 4 is 10.9 Å².